The third-order valence-corrected chi connectivity index (χ3v) is 3.93. The van der Waals surface area contributed by atoms with E-state index in [1.54, 1.807) is 0 Å². The number of carbonyl (C=O) groups excluding carboxylic acids is 1. The summed E-state index contributed by atoms with van der Waals surface area (Å²) in [6.45, 7) is 6.69. The van der Waals surface area contributed by atoms with Gasteiger partial charge in [0.1, 0.15) is 0 Å². The molecule has 0 aromatic carbocycles. The van der Waals surface area contributed by atoms with E-state index in [2.05, 4.69) is 15.0 Å². The fourth-order valence-electron chi connectivity index (χ4n) is 2.81. The summed E-state index contributed by atoms with van der Waals surface area (Å²) in [4.78, 5) is 20.3. The Bertz CT molecular complexity index is 471. The highest BCUT2D eigenvalue weighted by Crippen LogP contribution is 2.25. The zero-order chi connectivity index (χ0) is 13.4. The first-order valence-electron chi connectivity index (χ1n) is 7.03. The van der Waals surface area contributed by atoms with Gasteiger partial charge in [-0.15, -0.1) is 0 Å². The molecule has 0 radical (unpaired) electrons. The van der Waals surface area contributed by atoms with Crippen molar-refractivity contribution in [1.29, 1.82) is 0 Å². The Morgan fingerprint density at radius 2 is 2.21 bits per heavy atom. The lowest BCUT2D eigenvalue weighted by Crippen LogP contribution is -2.38. The van der Waals surface area contributed by atoms with Gasteiger partial charge in [0.25, 0.3) is 0 Å². The molecular formula is C13H20N4O2. The Morgan fingerprint density at radius 1 is 1.37 bits per heavy atom. The largest absolute Gasteiger partial charge is 0.338 e. The molecule has 3 rings (SSSR count). The fraction of sp³-hybridized carbons (Fsp3) is 0.769. The first kappa shape index (κ1) is 12.4. The molecule has 1 aromatic rings. The molecule has 3 heterocycles. The minimum atomic E-state index is 0.274. The number of anilines is 1. The highest BCUT2D eigenvalue weighted by molar-refractivity contribution is 5.78. The third-order valence-electron chi connectivity index (χ3n) is 3.93. The maximum absolute atomic E-state index is 11.8. The molecule has 0 unspecified atom stereocenters. The van der Waals surface area contributed by atoms with Crippen LogP contribution in [-0.4, -0.2) is 46.6 Å². The predicted molar refractivity (Wildman–Crippen MR) is 70.0 cm³/mol. The topological polar surface area (TPSA) is 62.5 Å². The van der Waals surface area contributed by atoms with Crippen LogP contribution in [0.15, 0.2) is 4.52 Å². The lowest BCUT2D eigenvalue weighted by molar-refractivity contribution is -0.129. The van der Waals surface area contributed by atoms with Gasteiger partial charge in [0, 0.05) is 32.0 Å². The van der Waals surface area contributed by atoms with Crippen molar-refractivity contribution >= 4 is 11.9 Å². The van der Waals surface area contributed by atoms with Gasteiger partial charge in [-0.1, -0.05) is 19.0 Å². The van der Waals surface area contributed by atoms with Gasteiger partial charge in [0.05, 0.1) is 6.04 Å². The van der Waals surface area contributed by atoms with Crippen LogP contribution < -0.4 is 4.90 Å². The van der Waals surface area contributed by atoms with Crippen LogP contribution >= 0.6 is 0 Å². The molecule has 0 saturated carbocycles. The molecule has 6 nitrogen and oxygen atoms in total. The van der Waals surface area contributed by atoms with Crippen LogP contribution in [0.4, 0.5) is 6.01 Å². The molecule has 0 N–H and O–H groups in total. The molecule has 0 aliphatic carbocycles. The van der Waals surface area contributed by atoms with Crippen LogP contribution in [0.1, 0.15) is 44.9 Å². The van der Waals surface area contributed by atoms with Crippen molar-refractivity contribution in [3.8, 4) is 0 Å². The SMILES string of the molecule is CC(C)c1noc(N2CC[C@H](N3CCCC3=O)C2)n1. The number of likely N-dealkylation sites (tertiary alicyclic amines) is 1. The van der Waals surface area contributed by atoms with E-state index >= 15 is 0 Å². The van der Waals surface area contributed by atoms with Gasteiger partial charge in [-0.2, -0.15) is 4.98 Å². The lowest BCUT2D eigenvalue weighted by Gasteiger charge is -2.23. The number of amides is 1. The van der Waals surface area contributed by atoms with Crippen LogP contribution in [-0.2, 0) is 4.79 Å². The Hall–Kier alpha value is -1.59. The number of rotatable bonds is 3. The quantitative estimate of drug-likeness (QED) is 0.825. The molecule has 6 heteroatoms. The summed E-state index contributed by atoms with van der Waals surface area (Å²) in [5.41, 5.74) is 0. The van der Waals surface area contributed by atoms with Crippen molar-refractivity contribution in [1.82, 2.24) is 15.0 Å². The number of nitrogens with zero attached hydrogens (tertiary/aromatic N) is 4. The van der Waals surface area contributed by atoms with Crippen molar-refractivity contribution in [3.63, 3.8) is 0 Å². The highest BCUT2D eigenvalue weighted by atomic mass is 16.5. The average Bonchev–Trinajstić information content (AvgIpc) is 3.07. The molecule has 1 atom stereocenters. The van der Waals surface area contributed by atoms with Crippen LogP contribution in [0, 0.1) is 0 Å². The Kier molecular flexibility index (Phi) is 3.16. The molecular weight excluding hydrogens is 244 g/mol. The van der Waals surface area contributed by atoms with E-state index in [-0.39, 0.29) is 5.92 Å². The van der Waals surface area contributed by atoms with Crippen LogP contribution in [0.2, 0.25) is 0 Å². The van der Waals surface area contributed by atoms with Gasteiger partial charge in [0.2, 0.25) is 5.91 Å². The summed E-state index contributed by atoms with van der Waals surface area (Å²) >= 11 is 0. The molecule has 2 saturated heterocycles. The van der Waals surface area contributed by atoms with Crippen LogP contribution in [0.5, 0.6) is 0 Å². The third kappa shape index (κ3) is 2.31. The van der Waals surface area contributed by atoms with E-state index in [0.717, 1.165) is 38.3 Å². The van der Waals surface area contributed by atoms with E-state index in [1.807, 2.05) is 18.7 Å². The summed E-state index contributed by atoms with van der Waals surface area (Å²) in [5.74, 6) is 1.31. The minimum Gasteiger partial charge on any atom is -0.338 e. The van der Waals surface area contributed by atoms with Gasteiger partial charge >= 0.3 is 6.01 Å². The van der Waals surface area contributed by atoms with Crippen molar-refractivity contribution in [2.45, 2.75) is 45.1 Å². The van der Waals surface area contributed by atoms with E-state index in [4.69, 9.17) is 4.52 Å². The smallest absolute Gasteiger partial charge is 0.324 e. The minimum absolute atomic E-state index is 0.274. The second-order valence-electron chi connectivity index (χ2n) is 5.67. The fourth-order valence-corrected chi connectivity index (χ4v) is 2.81. The van der Waals surface area contributed by atoms with Crippen molar-refractivity contribution in [3.05, 3.63) is 5.82 Å². The number of hydrogen-bond donors (Lipinski definition) is 0. The van der Waals surface area contributed by atoms with Gasteiger partial charge in [-0.25, -0.2) is 0 Å². The lowest BCUT2D eigenvalue weighted by atomic mass is 10.2. The Morgan fingerprint density at radius 3 is 2.84 bits per heavy atom. The summed E-state index contributed by atoms with van der Waals surface area (Å²) in [6, 6.07) is 0.905. The maximum atomic E-state index is 11.8. The maximum Gasteiger partial charge on any atom is 0.324 e. The molecule has 19 heavy (non-hydrogen) atoms. The van der Waals surface area contributed by atoms with E-state index in [1.165, 1.54) is 0 Å². The first-order valence-corrected chi connectivity index (χ1v) is 7.03. The van der Waals surface area contributed by atoms with Crippen LogP contribution in [0.25, 0.3) is 0 Å². The number of carbonyl (C=O) groups is 1. The van der Waals surface area contributed by atoms with Gasteiger partial charge in [-0.05, 0) is 12.8 Å². The summed E-state index contributed by atoms with van der Waals surface area (Å²) in [5, 5.41) is 3.99. The number of aromatic nitrogens is 2. The molecule has 1 aromatic heterocycles. The zero-order valence-corrected chi connectivity index (χ0v) is 11.5. The molecule has 0 spiro atoms. The molecule has 2 aliphatic rings. The van der Waals surface area contributed by atoms with E-state index in [9.17, 15) is 4.79 Å². The Labute approximate surface area is 112 Å². The molecule has 1 amide bonds. The zero-order valence-electron chi connectivity index (χ0n) is 11.5. The molecule has 104 valence electrons. The number of hydrogen-bond acceptors (Lipinski definition) is 5. The highest BCUT2D eigenvalue weighted by Gasteiger charge is 2.34. The second-order valence-corrected chi connectivity index (χ2v) is 5.67. The standard InChI is InChI=1S/C13H20N4O2/c1-9(2)12-14-13(19-15-12)16-7-5-10(8-16)17-6-3-4-11(17)18/h9-10H,3-8H2,1-2H3/t10-/m0/s1. The summed E-state index contributed by atoms with van der Waals surface area (Å²) in [7, 11) is 0. The predicted octanol–water partition coefficient (Wildman–Crippen LogP) is 1.39. The van der Waals surface area contributed by atoms with Gasteiger partial charge in [-0.3, -0.25) is 4.79 Å². The molecule has 0 bridgehead atoms. The Balaban J connectivity index is 1.66. The van der Waals surface area contributed by atoms with Crippen LogP contribution in [0.3, 0.4) is 0 Å². The normalized spacial score (nSPS) is 23.9. The van der Waals surface area contributed by atoms with Gasteiger partial charge < -0.3 is 14.3 Å². The second kappa shape index (κ2) is 4.83. The molecule has 2 aliphatic heterocycles. The average molecular weight is 264 g/mol. The summed E-state index contributed by atoms with van der Waals surface area (Å²) in [6.07, 6.45) is 2.69. The van der Waals surface area contributed by atoms with Gasteiger partial charge in [0.15, 0.2) is 5.82 Å². The van der Waals surface area contributed by atoms with Crippen molar-refractivity contribution in [2.75, 3.05) is 24.5 Å². The van der Waals surface area contributed by atoms with E-state index < -0.39 is 0 Å². The first-order chi connectivity index (χ1) is 9.15. The molecule has 2 fully saturated rings. The van der Waals surface area contributed by atoms with Crippen molar-refractivity contribution in [2.24, 2.45) is 0 Å². The summed E-state index contributed by atoms with van der Waals surface area (Å²) < 4.78 is 5.31. The van der Waals surface area contributed by atoms with E-state index in [0.29, 0.717) is 24.4 Å². The monoisotopic (exact) mass is 264 g/mol. The van der Waals surface area contributed by atoms with Crippen molar-refractivity contribution < 1.29 is 9.32 Å².